The van der Waals surface area contributed by atoms with Crippen molar-refractivity contribution in [1.82, 2.24) is 15.3 Å². The smallest absolute Gasteiger partial charge is 0.115 e. The van der Waals surface area contributed by atoms with Crippen molar-refractivity contribution >= 4 is 0 Å². The molecule has 2 aliphatic heterocycles. The standard InChI is InChI=1S/C8H13N3/c1-2-10-7-9-8-5-3-4-6-11(8)10/h3-6,8-9H,2,7H2,1H3. The number of hydrogen-bond acceptors (Lipinski definition) is 3. The molecule has 2 rings (SSSR count). The van der Waals surface area contributed by atoms with Crippen molar-refractivity contribution in [2.24, 2.45) is 0 Å². The van der Waals surface area contributed by atoms with Gasteiger partial charge in [-0.2, -0.15) is 0 Å². The molecule has 0 radical (unpaired) electrons. The monoisotopic (exact) mass is 151 g/mol. The molecule has 3 nitrogen and oxygen atoms in total. The van der Waals surface area contributed by atoms with E-state index < -0.39 is 0 Å². The maximum absolute atomic E-state index is 3.37. The number of rotatable bonds is 1. The van der Waals surface area contributed by atoms with E-state index in [1.165, 1.54) is 0 Å². The maximum Gasteiger partial charge on any atom is 0.115 e. The Morgan fingerprint density at radius 2 is 2.45 bits per heavy atom. The van der Waals surface area contributed by atoms with Crippen LogP contribution >= 0.6 is 0 Å². The molecule has 0 spiro atoms. The zero-order valence-corrected chi connectivity index (χ0v) is 6.70. The van der Waals surface area contributed by atoms with Gasteiger partial charge in [0.25, 0.3) is 0 Å². The second kappa shape index (κ2) is 2.68. The number of nitrogens with zero attached hydrogens (tertiary/aromatic N) is 2. The van der Waals surface area contributed by atoms with Crippen LogP contribution < -0.4 is 5.32 Å². The molecule has 11 heavy (non-hydrogen) atoms. The molecular weight excluding hydrogens is 138 g/mol. The van der Waals surface area contributed by atoms with Crippen LogP contribution in [0.25, 0.3) is 0 Å². The van der Waals surface area contributed by atoms with Gasteiger partial charge in [0.1, 0.15) is 6.17 Å². The molecule has 2 heterocycles. The average Bonchev–Trinajstić information content (AvgIpc) is 2.47. The molecule has 0 saturated carbocycles. The van der Waals surface area contributed by atoms with Crippen LogP contribution in [0.2, 0.25) is 0 Å². The molecule has 1 atom stereocenters. The molecule has 1 N–H and O–H groups in total. The summed E-state index contributed by atoms with van der Waals surface area (Å²) in [7, 11) is 0. The van der Waals surface area contributed by atoms with Gasteiger partial charge in [-0.1, -0.05) is 13.0 Å². The Bertz CT molecular complexity index is 198. The average molecular weight is 151 g/mol. The minimum Gasteiger partial charge on any atom is -0.291 e. The summed E-state index contributed by atoms with van der Waals surface area (Å²) in [5, 5.41) is 7.86. The maximum atomic E-state index is 3.37. The summed E-state index contributed by atoms with van der Waals surface area (Å²) < 4.78 is 0. The fourth-order valence-electron chi connectivity index (χ4n) is 1.48. The van der Waals surface area contributed by atoms with Gasteiger partial charge in [-0.05, 0) is 12.2 Å². The van der Waals surface area contributed by atoms with Crippen LogP contribution in [0, 0.1) is 0 Å². The van der Waals surface area contributed by atoms with Gasteiger partial charge >= 0.3 is 0 Å². The van der Waals surface area contributed by atoms with Gasteiger partial charge in [0, 0.05) is 12.7 Å². The van der Waals surface area contributed by atoms with Gasteiger partial charge in [-0.25, -0.2) is 5.01 Å². The van der Waals surface area contributed by atoms with Gasteiger partial charge in [0.05, 0.1) is 6.67 Å². The number of hydrazine groups is 1. The van der Waals surface area contributed by atoms with Crippen molar-refractivity contribution in [2.75, 3.05) is 13.2 Å². The third-order valence-electron chi connectivity index (χ3n) is 2.10. The van der Waals surface area contributed by atoms with E-state index in [-0.39, 0.29) is 0 Å². The fraction of sp³-hybridized carbons (Fsp3) is 0.500. The van der Waals surface area contributed by atoms with Gasteiger partial charge in [0.2, 0.25) is 0 Å². The SMILES string of the molecule is CCN1CNC2C=CC=CN21. The van der Waals surface area contributed by atoms with E-state index in [2.05, 4.69) is 46.7 Å². The van der Waals surface area contributed by atoms with E-state index in [9.17, 15) is 0 Å². The van der Waals surface area contributed by atoms with Crippen LogP contribution in [0.1, 0.15) is 6.92 Å². The zero-order chi connectivity index (χ0) is 7.68. The fourth-order valence-corrected chi connectivity index (χ4v) is 1.48. The van der Waals surface area contributed by atoms with Crippen LogP contribution in [0.15, 0.2) is 24.4 Å². The van der Waals surface area contributed by atoms with Crippen molar-refractivity contribution in [2.45, 2.75) is 13.1 Å². The Morgan fingerprint density at radius 1 is 1.55 bits per heavy atom. The summed E-state index contributed by atoms with van der Waals surface area (Å²) >= 11 is 0. The van der Waals surface area contributed by atoms with Gasteiger partial charge in [0.15, 0.2) is 0 Å². The number of fused-ring (bicyclic) bond motifs is 1. The highest BCUT2D eigenvalue weighted by Gasteiger charge is 2.25. The first kappa shape index (κ1) is 6.88. The molecule has 2 aliphatic rings. The van der Waals surface area contributed by atoms with Crippen LogP contribution in [0.4, 0.5) is 0 Å². The molecule has 1 saturated heterocycles. The van der Waals surface area contributed by atoms with E-state index in [0.717, 1.165) is 13.2 Å². The molecule has 0 bridgehead atoms. The molecular formula is C8H13N3. The lowest BCUT2D eigenvalue weighted by Crippen LogP contribution is -2.37. The summed E-state index contributed by atoms with van der Waals surface area (Å²) in [5.41, 5.74) is 0. The number of nitrogens with one attached hydrogen (secondary N) is 1. The van der Waals surface area contributed by atoms with E-state index >= 15 is 0 Å². The first-order valence-electron chi connectivity index (χ1n) is 4.03. The van der Waals surface area contributed by atoms with Crippen LogP contribution in [-0.2, 0) is 0 Å². The largest absolute Gasteiger partial charge is 0.291 e. The highest BCUT2D eigenvalue weighted by atomic mass is 15.7. The summed E-state index contributed by atoms with van der Waals surface area (Å²) in [6.45, 7) is 4.17. The normalized spacial score (nSPS) is 29.5. The Hall–Kier alpha value is -0.800. The predicted octanol–water partition coefficient (Wildman–Crippen LogP) is 0.496. The summed E-state index contributed by atoms with van der Waals surface area (Å²) in [6, 6.07) is 0. The predicted molar refractivity (Wildman–Crippen MR) is 44.3 cm³/mol. The molecule has 0 amide bonds. The van der Waals surface area contributed by atoms with Gasteiger partial charge < -0.3 is 0 Å². The van der Waals surface area contributed by atoms with Gasteiger partial charge in [-0.15, -0.1) is 0 Å². The molecule has 0 aromatic rings. The van der Waals surface area contributed by atoms with Crippen LogP contribution in [0.3, 0.4) is 0 Å². The zero-order valence-electron chi connectivity index (χ0n) is 6.70. The van der Waals surface area contributed by atoms with Crippen molar-refractivity contribution in [3.8, 4) is 0 Å². The topological polar surface area (TPSA) is 18.5 Å². The van der Waals surface area contributed by atoms with Gasteiger partial charge in [-0.3, -0.25) is 10.3 Å². The molecule has 1 fully saturated rings. The third kappa shape index (κ3) is 1.06. The van der Waals surface area contributed by atoms with Crippen molar-refractivity contribution in [1.29, 1.82) is 0 Å². The quantitative estimate of drug-likeness (QED) is 0.588. The Balaban J connectivity index is 2.13. The highest BCUT2D eigenvalue weighted by molar-refractivity contribution is 5.13. The molecule has 0 aliphatic carbocycles. The Morgan fingerprint density at radius 3 is 3.27 bits per heavy atom. The minimum atomic E-state index is 0.389. The van der Waals surface area contributed by atoms with Crippen molar-refractivity contribution in [3.05, 3.63) is 24.4 Å². The van der Waals surface area contributed by atoms with E-state index in [1.54, 1.807) is 0 Å². The second-order valence-corrected chi connectivity index (χ2v) is 2.74. The van der Waals surface area contributed by atoms with E-state index in [4.69, 9.17) is 0 Å². The Labute approximate surface area is 66.9 Å². The second-order valence-electron chi connectivity index (χ2n) is 2.74. The summed E-state index contributed by atoms with van der Waals surface area (Å²) in [5.74, 6) is 0. The lowest BCUT2D eigenvalue weighted by atomic mass is 10.3. The molecule has 3 heteroatoms. The van der Waals surface area contributed by atoms with Crippen molar-refractivity contribution in [3.63, 3.8) is 0 Å². The molecule has 1 unspecified atom stereocenters. The first-order chi connectivity index (χ1) is 5.42. The van der Waals surface area contributed by atoms with E-state index in [1.807, 2.05) is 0 Å². The summed E-state index contributed by atoms with van der Waals surface area (Å²) in [6.07, 6.45) is 8.79. The number of allylic oxidation sites excluding steroid dienone is 2. The third-order valence-corrected chi connectivity index (χ3v) is 2.10. The minimum absolute atomic E-state index is 0.389. The summed E-state index contributed by atoms with van der Waals surface area (Å²) in [4.78, 5) is 0. The van der Waals surface area contributed by atoms with Crippen LogP contribution in [-0.4, -0.2) is 29.4 Å². The lowest BCUT2D eigenvalue weighted by molar-refractivity contribution is 0.0672. The highest BCUT2D eigenvalue weighted by Crippen LogP contribution is 2.14. The molecule has 0 aromatic carbocycles. The van der Waals surface area contributed by atoms with Crippen molar-refractivity contribution < 1.29 is 0 Å². The lowest BCUT2D eigenvalue weighted by Gasteiger charge is -2.28. The number of hydrogen-bond donors (Lipinski definition) is 1. The first-order valence-corrected chi connectivity index (χ1v) is 4.03. The Kier molecular flexibility index (Phi) is 1.68. The molecule has 60 valence electrons. The molecule has 0 aromatic heterocycles. The van der Waals surface area contributed by atoms with E-state index in [0.29, 0.717) is 6.17 Å². The van der Waals surface area contributed by atoms with Crippen LogP contribution in [0.5, 0.6) is 0 Å².